The van der Waals surface area contributed by atoms with Gasteiger partial charge in [-0.05, 0) is 46.5 Å². The van der Waals surface area contributed by atoms with Crippen molar-refractivity contribution in [2.45, 2.75) is 11.8 Å². The summed E-state index contributed by atoms with van der Waals surface area (Å²) in [6.45, 7) is 0. The highest BCUT2D eigenvalue weighted by atomic mass is 35.5. The molecule has 0 radical (unpaired) electrons. The molecule has 0 aromatic heterocycles. The van der Waals surface area contributed by atoms with Gasteiger partial charge < -0.3 is 0 Å². The van der Waals surface area contributed by atoms with E-state index in [-0.39, 0.29) is 5.92 Å². The van der Waals surface area contributed by atoms with E-state index in [1.54, 1.807) is 12.1 Å². The molecular weight excluding hydrogens is 421 g/mol. The summed E-state index contributed by atoms with van der Waals surface area (Å²) in [5, 5.41) is 0.956. The predicted octanol–water partition coefficient (Wildman–Crippen LogP) is 8.24. The zero-order chi connectivity index (χ0) is 21.1. The summed E-state index contributed by atoms with van der Waals surface area (Å²) >= 11 is 12.7. The third kappa shape index (κ3) is 4.40. The zero-order valence-electron chi connectivity index (χ0n) is 15.9. The molecule has 0 N–H and O–H groups in total. The molecule has 1 atom stereocenters. The fraction of sp³-hybridized carbons (Fsp3) is 0.0769. The Labute approximate surface area is 184 Å². The Morgan fingerprint density at radius 1 is 0.533 bits per heavy atom. The van der Waals surface area contributed by atoms with Crippen LogP contribution >= 0.6 is 23.2 Å². The van der Waals surface area contributed by atoms with Gasteiger partial charge in [-0.3, -0.25) is 0 Å². The van der Waals surface area contributed by atoms with Gasteiger partial charge in [0.2, 0.25) is 0 Å². The number of hydrogen-bond donors (Lipinski definition) is 0. The lowest BCUT2D eigenvalue weighted by Crippen LogP contribution is -2.15. The van der Waals surface area contributed by atoms with Crippen LogP contribution in [0.5, 0.6) is 0 Å². The molecule has 0 heterocycles. The van der Waals surface area contributed by atoms with Crippen molar-refractivity contribution < 1.29 is 8.78 Å². The topological polar surface area (TPSA) is 0 Å². The standard InChI is InChI=1S/C26H18Cl2F2/c27-20-11-12-23(24(28)15-20)26(19-13-21(29)16-22(30)14-19)25(17-7-3-1-4-8-17)18-9-5-2-6-10-18/h1-16,25-26H. The molecule has 0 amide bonds. The van der Waals surface area contributed by atoms with Crippen molar-refractivity contribution in [3.8, 4) is 0 Å². The van der Waals surface area contributed by atoms with E-state index < -0.39 is 17.6 Å². The summed E-state index contributed by atoms with van der Waals surface area (Å²) in [7, 11) is 0. The van der Waals surface area contributed by atoms with Crippen molar-refractivity contribution in [1.82, 2.24) is 0 Å². The van der Waals surface area contributed by atoms with Crippen LogP contribution < -0.4 is 0 Å². The molecular formula is C26H18Cl2F2. The molecule has 4 aromatic rings. The van der Waals surface area contributed by atoms with Gasteiger partial charge in [0, 0.05) is 27.9 Å². The molecule has 0 bridgehead atoms. The molecule has 4 heteroatoms. The highest BCUT2D eigenvalue weighted by Gasteiger charge is 2.30. The van der Waals surface area contributed by atoms with E-state index in [1.807, 2.05) is 66.7 Å². The summed E-state index contributed by atoms with van der Waals surface area (Å²) in [6, 6.07) is 28.6. The molecule has 0 spiro atoms. The van der Waals surface area contributed by atoms with Gasteiger partial charge >= 0.3 is 0 Å². The molecule has 150 valence electrons. The minimum atomic E-state index is -0.625. The minimum Gasteiger partial charge on any atom is -0.207 e. The molecule has 0 aliphatic heterocycles. The fourth-order valence-corrected chi connectivity index (χ4v) is 4.48. The van der Waals surface area contributed by atoms with Gasteiger partial charge in [0.25, 0.3) is 0 Å². The van der Waals surface area contributed by atoms with E-state index >= 15 is 0 Å². The Kier molecular flexibility index (Phi) is 6.17. The van der Waals surface area contributed by atoms with Gasteiger partial charge in [0.05, 0.1) is 0 Å². The third-order valence-corrected chi connectivity index (χ3v) is 5.75. The average molecular weight is 439 g/mol. The van der Waals surface area contributed by atoms with E-state index in [0.717, 1.165) is 22.8 Å². The molecule has 30 heavy (non-hydrogen) atoms. The second-order valence-electron chi connectivity index (χ2n) is 7.15. The first-order chi connectivity index (χ1) is 14.5. The molecule has 0 aliphatic rings. The van der Waals surface area contributed by atoms with Crippen LogP contribution in [0.25, 0.3) is 0 Å². The lowest BCUT2D eigenvalue weighted by atomic mass is 9.73. The first-order valence-electron chi connectivity index (χ1n) is 9.54. The van der Waals surface area contributed by atoms with Crippen molar-refractivity contribution in [3.63, 3.8) is 0 Å². The lowest BCUT2D eigenvalue weighted by molar-refractivity contribution is 0.572. The SMILES string of the molecule is Fc1cc(F)cc(C(c2ccc(Cl)cc2Cl)C(c2ccccc2)c2ccccc2)c1. The van der Waals surface area contributed by atoms with Gasteiger partial charge in [-0.1, -0.05) is 89.9 Å². The summed E-state index contributed by atoms with van der Waals surface area (Å²) in [5.74, 6) is -1.89. The van der Waals surface area contributed by atoms with Crippen molar-refractivity contribution in [2.75, 3.05) is 0 Å². The number of hydrogen-bond acceptors (Lipinski definition) is 0. The van der Waals surface area contributed by atoms with Gasteiger partial charge in [0.1, 0.15) is 11.6 Å². The van der Waals surface area contributed by atoms with E-state index in [9.17, 15) is 8.78 Å². The number of rotatable bonds is 5. The number of benzene rings is 4. The first kappa shape index (κ1) is 20.6. The van der Waals surface area contributed by atoms with Crippen LogP contribution in [-0.4, -0.2) is 0 Å². The Morgan fingerprint density at radius 3 is 1.57 bits per heavy atom. The predicted molar refractivity (Wildman–Crippen MR) is 119 cm³/mol. The molecule has 0 saturated heterocycles. The second-order valence-corrected chi connectivity index (χ2v) is 7.99. The Balaban J connectivity index is 2.01. The third-order valence-electron chi connectivity index (χ3n) is 5.19. The zero-order valence-corrected chi connectivity index (χ0v) is 17.4. The van der Waals surface area contributed by atoms with Gasteiger partial charge in [-0.25, -0.2) is 8.78 Å². The monoisotopic (exact) mass is 438 g/mol. The summed E-state index contributed by atoms with van der Waals surface area (Å²) < 4.78 is 28.5. The minimum absolute atomic E-state index is 0.215. The molecule has 0 nitrogen and oxygen atoms in total. The van der Waals surface area contributed by atoms with Crippen LogP contribution in [0.4, 0.5) is 8.78 Å². The second kappa shape index (κ2) is 8.99. The summed E-state index contributed by atoms with van der Waals surface area (Å²) in [5.41, 5.74) is 3.30. The number of halogens is 4. The molecule has 4 rings (SSSR count). The Morgan fingerprint density at radius 2 is 1.07 bits per heavy atom. The van der Waals surface area contributed by atoms with Gasteiger partial charge in [-0.15, -0.1) is 0 Å². The van der Waals surface area contributed by atoms with Crippen LogP contribution in [0.1, 0.15) is 34.1 Å². The van der Waals surface area contributed by atoms with Crippen LogP contribution in [0.2, 0.25) is 10.0 Å². The van der Waals surface area contributed by atoms with E-state index in [2.05, 4.69) is 0 Å². The first-order valence-corrected chi connectivity index (χ1v) is 10.3. The van der Waals surface area contributed by atoms with Crippen molar-refractivity contribution in [2.24, 2.45) is 0 Å². The fourth-order valence-electron chi connectivity index (χ4n) is 3.96. The van der Waals surface area contributed by atoms with E-state index in [4.69, 9.17) is 23.2 Å². The molecule has 0 fully saturated rings. The quantitative estimate of drug-likeness (QED) is 0.294. The van der Waals surface area contributed by atoms with Crippen molar-refractivity contribution >= 4 is 23.2 Å². The maximum atomic E-state index is 14.2. The Hall–Kier alpha value is -2.68. The molecule has 4 aromatic carbocycles. The van der Waals surface area contributed by atoms with E-state index in [1.165, 1.54) is 12.1 Å². The molecule has 0 aliphatic carbocycles. The van der Waals surface area contributed by atoms with Crippen molar-refractivity contribution in [1.29, 1.82) is 0 Å². The van der Waals surface area contributed by atoms with Gasteiger partial charge in [0.15, 0.2) is 0 Å². The summed E-state index contributed by atoms with van der Waals surface area (Å²) in [6.07, 6.45) is 0. The normalized spacial score (nSPS) is 12.2. The van der Waals surface area contributed by atoms with Gasteiger partial charge in [-0.2, -0.15) is 0 Å². The lowest BCUT2D eigenvalue weighted by Gasteiger charge is -2.30. The van der Waals surface area contributed by atoms with E-state index in [0.29, 0.717) is 15.6 Å². The van der Waals surface area contributed by atoms with Crippen LogP contribution in [0, 0.1) is 11.6 Å². The highest BCUT2D eigenvalue weighted by Crippen LogP contribution is 2.45. The van der Waals surface area contributed by atoms with Crippen LogP contribution in [0.3, 0.4) is 0 Å². The maximum Gasteiger partial charge on any atom is 0.126 e. The average Bonchev–Trinajstić information content (AvgIpc) is 2.73. The Bertz CT molecular complexity index is 1080. The highest BCUT2D eigenvalue weighted by molar-refractivity contribution is 6.35. The largest absolute Gasteiger partial charge is 0.207 e. The summed E-state index contributed by atoms with van der Waals surface area (Å²) in [4.78, 5) is 0. The molecule has 1 unspecified atom stereocenters. The maximum absolute atomic E-state index is 14.2. The smallest absolute Gasteiger partial charge is 0.126 e. The van der Waals surface area contributed by atoms with Crippen molar-refractivity contribution in [3.05, 3.63) is 141 Å². The molecule has 0 saturated carbocycles. The van der Waals surface area contributed by atoms with Crippen LogP contribution in [-0.2, 0) is 0 Å². The van der Waals surface area contributed by atoms with Crippen LogP contribution in [0.15, 0.2) is 97.1 Å².